The molecule has 166 valence electrons. The van der Waals surface area contributed by atoms with Crippen molar-refractivity contribution in [2.45, 2.75) is 32.7 Å². The van der Waals surface area contributed by atoms with Gasteiger partial charge >= 0.3 is 0 Å². The SMILES string of the molecule is CCNC(=NCc1cccc(NC(=O)c2ccco2)c1)N1CCC(CC(=O)NC)CC1. The second-order valence-electron chi connectivity index (χ2n) is 7.61. The lowest BCUT2D eigenvalue weighted by molar-refractivity contribution is -0.121. The molecule has 1 saturated heterocycles. The lowest BCUT2D eigenvalue weighted by Crippen LogP contribution is -2.46. The van der Waals surface area contributed by atoms with E-state index in [2.05, 4.69) is 27.8 Å². The van der Waals surface area contributed by atoms with Crippen LogP contribution in [0.1, 0.15) is 42.3 Å². The van der Waals surface area contributed by atoms with Crippen LogP contribution in [-0.2, 0) is 11.3 Å². The molecule has 1 aliphatic rings. The maximum absolute atomic E-state index is 12.2. The van der Waals surface area contributed by atoms with Crippen LogP contribution >= 0.6 is 0 Å². The molecule has 1 fully saturated rings. The van der Waals surface area contributed by atoms with Gasteiger partial charge in [-0.25, -0.2) is 4.99 Å². The maximum atomic E-state index is 12.2. The van der Waals surface area contributed by atoms with E-state index >= 15 is 0 Å². The molecule has 8 heteroatoms. The Labute approximate surface area is 183 Å². The molecule has 0 atom stereocenters. The Kier molecular flexibility index (Phi) is 8.09. The van der Waals surface area contributed by atoms with Gasteiger partial charge < -0.3 is 25.3 Å². The van der Waals surface area contributed by atoms with E-state index in [0.29, 0.717) is 24.6 Å². The first-order valence-electron chi connectivity index (χ1n) is 10.8. The van der Waals surface area contributed by atoms with Crippen molar-refractivity contribution in [3.63, 3.8) is 0 Å². The normalized spacial score (nSPS) is 14.9. The number of hydrogen-bond acceptors (Lipinski definition) is 4. The molecule has 1 aliphatic heterocycles. The number of anilines is 1. The van der Waals surface area contributed by atoms with Crippen molar-refractivity contribution in [1.82, 2.24) is 15.5 Å². The monoisotopic (exact) mass is 425 g/mol. The summed E-state index contributed by atoms with van der Waals surface area (Å²) in [7, 11) is 1.69. The fraction of sp³-hybridized carbons (Fsp3) is 0.435. The zero-order valence-electron chi connectivity index (χ0n) is 18.2. The summed E-state index contributed by atoms with van der Waals surface area (Å²) in [4.78, 5) is 30.9. The molecule has 0 saturated carbocycles. The zero-order chi connectivity index (χ0) is 22.1. The number of rotatable bonds is 7. The number of amides is 2. The molecular weight excluding hydrogens is 394 g/mol. The molecule has 0 aliphatic carbocycles. The van der Waals surface area contributed by atoms with Crippen molar-refractivity contribution in [1.29, 1.82) is 0 Å². The largest absolute Gasteiger partial charge is 0.459 e. The quantitative estimate of drug-likeness (QED) is 0.468. The summed E-state index contributed by atoms with van der Waals surface area (Å²) in [6.07, 6.45) is 4.02. The fourth-order valence-electron chi connectivity index (χ4n) is 3.65. The van der Waals surface area contributed by atoms with Crippen LogP contribution in [0.5, 0.6) is 0 Å². The van der Waals surface area contributed by atoms with Crippen LogP contribution in [0.2, 0.25) is 0 Å². The van der Waals surface area contributed by atoms with Crippen LogP contribution in [0.4, 0.5) is 5.69 Å². The first kappa shape index (κ1) is 22.4. The summed E-state index contributed by atoms with van der Waals surface area (Å²) in [5.74, 6) is 1.41. The number of carbonyl (C=O) groups excluding carboxylic acids is 2. The van der Waals surface area contributed by atoms with Crippen LogP contribution in [0.15, 0.2) is 52.1 Å². The minimum absolute atomic E-state index is 0.109. The maximum Gasteiger partial charge on any atom is 0.291 e. The number of piperidine rings is 1. The average Bonchev–Trinajstić information content (AvgIpc) is 3.33. The van der Waals surface area contributed by atoms with Gasteiger partial charge in [0.1, 0.15) is 0 Å². The Balaban J connectivity index is 1.59. The average molecular weight is 426 g/mol. The van der Waals surface area contributed by atoms with E-state index in [0.717, 1.165) is 44.0 Å². The van der Waals surface area contributed by atoms with Crippen molar-refractivity contribution < 1.29 is 14.0 Å². The molecule has 31 heavy (non-hydrogen) atoms. The molecule has 3 rings (SSSR count). The van der Waals surface area contributed by atoms with Crippen molar-refractivity contribution in [2.24, 2.45) is 10.9 Å². The number of hydrogen-bond donors (Lipinski definition) is 3. The Morgan fingerprint density at radius 2 is 2.00 bits per heavy atom. The molecule has 8 nitrogen and oxygen atoms in total. The topological polar surface area (TPSA) is 99.0 Å². The van der Waals surface area contributed by atoms with E-state index in [1.165, 1.54) is 6.26 Å². The molecule has 0 radical (unpaired) electrons. The number of guanidine groups is 1. The third kappa shape index (κ3) is 6.60. The van der Waals surface area contributed by atoms with Gasteiger partial charge in [0.25, 0.3) is 5.91 Å². The Morgan fingerprint density at radius 3 is 2.68 bits per heavy atom. The summed E-state index contributed by atoms with van der Waals surface area (Å²) in [6, 6.07) is 11.0. The number of likely N-dealkylation sites (tertiary alicyclic amines) is 1. The smallest absolute Gasteiger partial charge is 0.291 e. The van der Waals surface area contributed by atoms with Crippen LogP contribution < -0.4 is 16.0 Å². The van der Waals surface area contributed by atoms with E-state index in [9.17, 15) is 9.59 Å². The van der Waals surface area contributed by atoms with Crippen molar-refractivity contribution in [3.05, 3.63) is 54.0 Å². The third-order valence-corrected chi connectivity index (χ3v) is 5.34. The number of carbonyl (C=O) groups is 2. The molecular formula is C23H31N5O3. The van der Waals surface area contributed by atoms with Gasteiger partial charge in [-0.1, -0.05) is 12.1 Å². The van der Waals surface area contributed by atoms with Gasteiger partial charge in [-0.05, 0) is 55.5 Å². The second kappa shape index (κ2) is 11.2. The first-order valence-corrected chi connectivity index (χ1v) is 10.8. The van der Waals surface area contributed by atoms with E-state index < -0.39 is 0 Å². The predicted octanol–water partition coefficient (Wildman–Crippen LogP) is 2.85. The highest BCUT2D eigenvalue weighted by Crippen LogP contribution is 2.21. The standard InChI is InChI=1S/C23H31N5O3/c1-3-25-23(28-11-9-17(10-12-28)15-21(29)24-2)26-16-18-6-4-7-19(14-18)27-22(30)20-8-5-13-31-20/h4-8,13-14,17H,3,9-12,15-16H2,1-2H3,(H,24,29)(H,25,26)(H,27,30). The lowest BCUT2D eigenvalue weighted by Gasteiger charge is -2.34. The van der Waals surface area contributed by atoms with Gasteiger partial charge in [0.05, 0.1) is 12.8 Å². The fourth-order valence-corrected chi connectivity index (χ4v) is 3.65. The number of nitrogens with zero attached hydrogens (tertiary/aromatic N) is 2. The number of nitrogens with one attached hydrogen (secondary N) is 3. The first-order chi connectivity index (χ1) is 15.1. The molecule has 2 heterocycles. The highest BCUT2D eigenvalue weighted by atomic mass is 16.3. The zero-order valence-corrected chi connectivity index (χ0v) is 18.2. The minimum Gasteiger partial charge on any atom is -0.459 e. The van der Waals surface area contributed by atoms with Gasteiger partial charge in [0, 0.05) is 38.8 Å². The van der Waals surface area contributed by atoms with Gasteiger partial charge in [0.2, 0.25) is 5.91 Å². The highest BCUT2D eigenvalue weighted by Gasteiger charge is 2.23. The summed E-state index contributed by atoms with van der Waals surface area (Å²) in [5.41, 5.74) is 1.70. The highest BCUT2D eigenvalue weighted by molar-refractivity contribution is 6.02. The van der Waals surface area contributed by atoms with Gasteiger partial charge in [-0.2, -0.15) is 0 Å². The van der Waals surface area contributed by atoms with Gasteiger partial charge in [-0.15, -0.1) is 0 Å². The van der Waals surface area contributed by atoms with E-state index in [1.807, 2.05) is 24.3 Å². The lowest BCUT2D eigenvalue weighted by atomic mass is 9.93. The van der Waals surface area contributed by atoms with Crippen molar-refractivity contribution >= 4 is 23.5 Å². The second-order valence-corrected chi connectivity index (χ2v) is 7.61. The van der Waals surface area contributed by atoms with Crippen molar-refractivity contribution in [3.8, 4) is 0 Å². The van der Waals surface area contributed by atoms with Gasteiger partial charge in [-0.3, -0.25) is 9.59 Å². The third-order valence-electron chi connectivity index (χ3n) is 5.34. The molecule has 1 aromatic heterocycles. The predicted molar refractivity (Wildman–Crippen MR) is 121 cm³/mol. The van der Waals surface area contributed by atoms with Crippen LogP contribution in [0.3, 0.4) is 0 Å². The molecule has 0 unspecified atom stereocenters. The van der Waals surface area contributed by atoms with Crippen LogP contribution in [0, 0.1) is 5.92 Å². The summed E-state index contributed by atoms with van der Waals surface area (Å²) in [5, 5.41) is 8.92. The van der Waals surface area contributed by atoms with Crippen LogP contribution in [-0.4, -0.2) is 49.4 Å². The summed E-state index contributed by atoms with van der Waals surface area (Å²) in [6.45, 7) is 5.11. The van der Waals surface area contributed by atoms with Gasteiger partial charge in [0.15, 0.2) is 11.7 Å². The Hall–Kier alpha value is -3.29. The van der Waals surface area contributed by atoms with Crippen LogP contribution in [0.25, 0.3) is 0 Å². The number of furan rings is 1. The summed E-state index contributed by atoms with van der Waals surface area (Å²) < 4.78 is 5.14. The molecule has 2 amide bonds. The van der Waals surface area contributed by atoms with E-state index in [-0.39, 0.29) is 17.6 Å². The minimum atomic E-state index is -0.279. The van der Waals surface area contributed by atoms with E-state index in [1.54, 1.807) is 19.2 Å². The molecule has 3 N–H and O–H groups in total. The summed E-state index contributed by atoms with van der Waals surface area (Å²) >= 11 is 0. The van der Waals surface area contributed by atoms with E-state index in [4.69, 9.17) is 9.41 Å². The molecule has 0 bridgehead atoms. The number of aliphatic imine (C=N–C) groups is 1. The molecule has 2 aromatic rings. The Morgan fingerprint density at radius 1 is 1.19 bits per heavy atom. The number of benzene rings is 1. The molecule has 0 spiro atoms. The molecule has 1 aromatic carbocycles. The van der Waals surface area contributed by atoms with Crippen molar-refractivity contribution in [2.75, 3.05) is 32.0 Å². The Bertz CT molecular complexity index is 886.